The van der Waals surface area contributed by atoms with Gasteiger partial charge in [0, 0.05) is 19.0 Å². The van der Waals surface area contributed by atoms with E-state index in [4.69, 9.17) is 4.74 Å². The topological polar surface area (TPSA) is 29.5 Å². The standard InChI is InChI=1S/C27H29NO2/c1-20-9-6-7-12-24(20)19-28(21(2)15-16-22-10-4-3-5-11-22)27(29)25-14-8-13-23-17-18-30-26(23)25/h3-14,21H,15-19H2,1-2H3/t21-/m1/s1. The van der Waals surface area contributed by atoms with E-state index in [1.165, 1.54) is 16.7 Å². The lowest BCUT2D eigenvalue weighted by atomic mass is 10.0. The van der Waals surface area contributed by atoms with Gasteiger partial charge in [-0.3, -0.25) is 4.79 Å². The van der Waals surface area contributed by atoms with Crippen molar-refractivity contribution in [2.45, 2.75) is 45.7 Å². The third kappa shape index (κ3) is 4.40. The monoisotopic (exact) mass is 399 g/mol. The van der Waals surface area contributed by atoms with E-state index < -0.39 is 0 Å². The molecule has 0 aromatic heterocycles. The number of amides is 1. The molecule has 1 atom stereocenters. The van der Waals surface area contributed by atoms with Crippen molar-refractivity contribution in [2.75, 3.05) is 6.61 Å². The Hall–Kier alpha value is -3.07. The number of benzene rings is 3. The number of aryl methyl sites for hydroxylation is 2. The highest BCUT2D eigenvalue weighted by Gasteiger charge is 2.27. The Balaban J connectivity index is 1.60. The Labute approximate surface area is 179 Å². The largest absolute Gasteiger partial charge is 0.492 e. The van der Waals surface area contributed by atoms with Gasteiger partial charge >= 0.3 is 0 Å². The van der Waals surface area contributed by atoms with E-state index >= 15 is 0 Å². The normalized spacial score (nSPS) is 13.4. The molecule has 0 radical (unpaired) electrons. The van der Waals surface area contributed by atoms with Gasteiger partial charge in [-0.25, -0.2) is 0 Å². The van der Waals surface area contributed by atoms with Crippen LogP contribution in [0.2, 0.25) is 0 Å². The molecule has 1 amide bonds. The molecule has 0 aliphatic carbocycles. The lowest BCUT2D eigenvalue weighted by molar-refractivity contribution is 0.0663. The number of carbonyl (C=O) groups is 1. The zero-order chi connectivity index (χ0) is 20.9. The third-order valence-corrected chi connectivity index (χ3v) is 6.03. The van der Waals surface area contributed by atoms with Crippen LogP contribution >= 0.6 is 0 Å². The molecule has 0 spiro atoms. The zero-order valence-electron chi connectivity index (χ0n) is 17.8. The summed E-state index contributed by atoms with van der Waals surface area (Å²) in [5.41, 5.74) is 5.52. The first kappa shape index (κ1) is 20.2. The van der Waals surface area contributed by atoms with Gasteiger partial charge in [0.05, 0.1) is 12.2 Å². The minimum Gasteiger partial charge on any atom is -0.492 e. The highest BCUT2D eigenvalue weighted by atomic mass is 16.5. The van der Waals surface area contributed by atoms with E-state index in [0.29, 0.717) is 18.7 Å². The molecule has 0 saturated heterocycles. The fourth-order valence-corrected chi connectivity index (χ4v) is 4.11. The molecular formula is C27H29NO2. The smallest absolute Gasteiger partial charge is 0.258 e. The van der Waals surface area contributed by atoms with Crippen molar-refractivity contribution in [1.29, 1.82) is 0 Å². The molecule has 0 unspecified atom stereocenters. The van der Waals surface area contributed by atoms with E-state index in [9.17, 15) is 4.79 Å². The highest BCUT2D eigenvalue weighted by Crippen LogP contribution is 2.31. The number of para-hydroxylation sites is 1. The molecule has 3 aromatic carbocycles. The molecule has 154 valence electrons. The molecule has 0 N–H and O–H groups in total. The van der Waals surface area contributed by atoms with Gasteiger partial charge in [0.2, 0.25) is 0 Å². The van der Waals surface area contributed by atoms with Crippen LogP contribution < -0.4 is 4.74 Å². The summed E-state index contributed by atoms with van der Waals surface area (Å²) in [6.45, 7) is 5.52. The van der Waals surface area contributed by atoms with Crippen LogP contribution in [0.3, 0.4) is 0 Å². The van der Waals surface area contributed by atoms with Crippen LogP contribution in [0.15, 0.2) is 72.8 Å². The molecule has 0 fully saturated rings. The maximum absolute atomic E-state index is 13.7. The van der Waals surface area contributed by atoms with Crippen LogP contribution in [-0.4, -0.2) is 23.5 Å². The number of nitrogens with zero attached hydrogens (tertiary/aromatic N) is 1. The predicted octanol–water partition coefficient (Wildman–Crippen LogP) is 5.59. The van der Waals surface area contributed by atoms with Crippen molar-refractivity contribution in [3.05, 3.63) is 101 Å². The second-order valence-electron chi connectivity index (χ2n) is 8.13. The summed E-state index contributed by atoms with van der Waals surface area (Å²) in [7, 11) is 0. The molecule has 0 bridgehead atoms. The van der Waals surface area contributed by atoms with Crippen molar-refractivity contribution < 1.29 is 9.53 Å². The van der Waals surface area contributed by atoms with E-state index in [-0.39, 0.29) is 11.9 Å². The van der Waals surface area contributed by atoms with Gasteiger partial charge in [0.25, 0.3) is 5.91 Å². The number of hydrogen-bond donors (Lipinski definition) is 0. The second-order valence-corrected chi connectivity index (χ2v) is 8.13. The molecule has 0 saturated carbocycles. The average Bonchev–Trinajstić information content (AvgIpc) is 3.26. The van der Waals surface area contributed by atoms with Crippen molar-refractivity contribution in [1.82, 2.24) is 4.90 Å². The molecule has 1 aliphatic heterocycles. The maximum Gasteiger partial charge on any atom is 0.258 e. The number of hydrogen-bond acceptors (Lipinski definition) is 2. The first-order chi connectivity index (χ1) is 14.6. The number of ether oxygens (including phenoxy) is 1. The first-order valence-electron chi connectivity index (χ1n) is 10.8. The van der Waals surface area contributed by atoms with Gasteiger partial charge in [0.1, 0.15) is 5.75 Å². The van der Waals surface area contributed by atoms with Gasteiger partial charge < -0.3 is 9.64 Å². The molecule has 3 nitrogen and oxygen atoms in total. The fourth-order valence-electron chi connectivity index (χ4n) is 4.11. The van der Waals surface area contributed by atoms with Gasteiger partial charge in [-0.1, -0.05) is 66.7 Å². The summed E-state index contributed by atoms with van der Waals surface area (Å²) >= 11 is 0. The molecule has 30 heavy (non-hydrogen) atoms. The van der Waals surface area contributed by atoms with E-state index in [1.54, 1.807) is 0 Å². The quantitative estimate of drug-likeness (QED) is 0.518. The lowest BCUT2D eigenvalue weighted by Crippen LogP contribution is -2.38. The highest BCUT2D eigenvalue weighted by molar-refractivity contribution is 5.97. The van der Waals surface area contributed by atoms with Crippen molar-refractivity contribution in [2.24, 2.45) is 0 Å². The third-order valence-electron chi connectivity index (χ3n) is 6.03. The van der Waals surface area contributed by atoms with Crippen LogP contribution in [0.25, 0.3) is 0 Å². The number of fused-ring (bicyclic) bond motifs is 1. The Bertz CT molecular complexity index is 1010. The van der Waals surface area contributed by atoms with Crippen LogP contribution in [0.1, 0.15) is 46.0 Å². The molecule has 1 aliphatic rings. The van der Waals surface area contributed by atoms with Crippen LogP contribution in [-0.2, 0) is 19.4 Å². The van der Waals surface area contributed by atoms with Crippen LogP contribution in [0, 0.1) is 6.92 Å². The van der Waals surface area contributed by atoms with Gasteiger partial charge in [-0.05, 0) is 55.0 Å². The van der Waals surface area contributed by atoms with Crippen molar-refractivity contribution in [3.63, 3.8) is 0 Å². The zero-order valence-corrected chi connectivity index (χ0v) is 17.8. The summed E-state index contributed by atoms with van der Waals surface area (Å²) in [4.78, 5) is 15.7. The van der Waals surface area contributed by atoms with Crippen LogP contribution in [0.5, 0.6) is 5.75 Å². The predicted molar refractivity (Wildman–Crippen MR) is 121 cm³/mol. The summed E-state index contributed by atoms with van der Waals surface area (Å²) < 4.78 is 5.84. The second kappa shape index (κ2) is 9.17. The van der Waals surface area contributed by atoms with Crippen molar-refractivity contribution in [3.8, 4) is 5.75 Å². The minimum atomic E-state index is 0.0533. The Morgan fingerprint density at radius 2 is 1.77 bits per heavy atom. The van der Waals surface area contributed by atoms with Gasteiger partial charge in [-0.2, -0.15) is 0 Å². The lowest BCUT2D eigenvalue weighted by Gasteiger charge is -2.31. The van der Waals surface area contributed by atoms with Crippen molar-refractivity contribution >= 4 is 5.91 Å². The van der Waals surface area contributed by atoms with E-state index in [2.05, 4.69) is 56.3 Å². The summed E-state index contributed by atoms with van der Waals surface area (Å²) in [6, 6.07) is 24.8. The van der Waals surface area contributed by atoms with E-state index in [0.717, 1.165) is 30.6 Å². The summed E-state index contributed by atoms with van der Waals surface area (Å²) in [5.74, 6) is 0.824. The number of carbonyl (C=O) groups excluding carboxylic acids is 1. The fraction of sp³-hybridized carbons (Fsp3) is 0.296. The Morgan fingerprint density at radius 3 is 2.57 bits per heavy atom. The molecule has 1 heterocycles. The molecule has 3 heteroatoms. The average molecular weight is 400 g/mol. The Kier molecular flexibility index (Phi) is 6.18. The number of rotatable bonds is 7. The SMILES string of the molecule is Cc1ccccc1CN(C(=O)c1cccc2c1OCC2)[C@H](C)CCc1ccccc1. The van der Waals surface area contributed by atoms with Gasteiger partial charge in [-0.15, -0.1) is 0 Å². The van der Waals surface area contributed by atoms with Gasteiger partial charge in [0.15, 0.2) is 0 Å². The minimum absolute atomic E-state index is 0.0533. The maximum atomic E-state index is 13.7. The Morgan fingerprint density at radius 1 is 1.00 bits per heavy atom. The van der Waals surface area contributed by atoms with E-state index in [1.807, 2.05) is 35.2 Å². The molecular weight excluding hydrogens is 370 g/mol. The summed E-state index contributed by atoms with van der Waals surface area (Å²) in [6.07, 6.45) is 2.73. The first-order valence-corrected chi connectivity index (χ1v) is 10.8. The van der Waals surface area contributed by atoms with Crippen LogP contribution in [0.4, 0.5) is 0 Å². The summed E-state index contributed by atoms with van der Waals surface area (Å²) in [5, 5.41) is 0. The molecule has 4 rings (SSSR count). The molecule has 3 aromatic rings.